The normalized spacial score (nSPS) is 25.8. The molecule has 180 valence electrons. The molecule has 0 bridgehead atoms. The third-order valence-corrected chi connectivity index (χ3v) is 6.57. The van der Waals surface area contributed by atoms with Crippen molar-refractivity contribution in [3.05, 3.63) is 48.0 Å². The average Bonchev–Trinajstić information content (AvgIpc) is 3.31. The Hall–Kier alpha value is -3.59. The fourth-order valence-corrected chi connectivity index (χ4v) is 4.94. The van der Waals surface area contributed by atoms with Gasteiger partial charge in [-0.3, -0.25) is 19.7 Å². The highest BCUT2D eigenvalue weighted by Crippen LogP contribution is 2.50. The summed E-state index contributed by atoms with van der Waals surface area (Å²) in [6.45, 7) is 3.46. The van der Waals surface area contributed by atoms with E-state index in [-0.39, 0.29) is 6.61 Å². The van der Waals surface area contributed by atoms with Crippen LogP contribution in [0.25, 0.3) is 0 Å². The lowest BCUT2D eigenvalue weighted by Gasteiger charge is -2.29. The summed E-state index contributed by atoms with van der Waals surface area (Å²) in [7, 11) is 4.56. The van der Waals surface area contributed by atoms with Crippen molar-refractivity contribution in [3.8, 4) is 17.2 Å². The van der Waals surface area contributed by atoms with E-state index in [1.165, 1.54) is 21.3 Å². The summed E-state index contributed by atoms with van der Waals surface area (Å²) in [6, 6.07) is 11.4. The molecule has 2 aromatic rings. The predicted molar refractivity (Wildman–Crippen MR) is 123 cm³/mol. The van der Waals surface area contributed by atoms with Crippen molar-refractivity contribution in [3.63, 3.8) is 0 Å². The smallest absolute Gasteiger partial charge is 0.326 e. The number of esters is 1. The number of nitrogens with zero attached hydrogens (tertiary/aromatic N) is 1. The molecule has 4 rings (SSSR count). The van der Waals surface area contributed by atoms with E-state index >= 15 is 0 Å². The first-order chi connectivity index (χ1) is 16.3. The zero-order chi connectivity index (χ0) is 24.6. The van der Waals surface area contributed by atoms with Crippen LogP contribution in [0.1, 0.15) is 25.5 Å². The van der Waals surface area contributed by atoms with Crippen LogP contribution in [-0.4, -0.2) is 51.3 Å². The minimum absolute atomic E-state index is 0.149. The van der Waals surface area contributed by atoms with E-state index in [0.717, 1.165) is 4.90 Å². The minimum atomic E-state index is -1.40. The maximum atomic E-state index is 13.7. The van der Waals surface area contributed by atoms with Crippen molar-refractivity contribution in [1.82, 2.24) is 5.32 Å². The first-order valence-electron chi connectivity index (χ1n) is 11.0. The summed E-state index contributed by atoms with van der Waals surface area (Å²) >= 11 is 0. The highest BCUT2D eigenvalue weighted by Gasteiger charge is 2.67. The van der Waals surface area contributed by atoms with Gasteiger partial charge in [0.15, 0.2) is 11.5 Å². The molecule has 2 fully saturated rings. The lowest BCUT2D eigenvalue weighted by molar-refractivity contribution is -0.153. The number of hydrogen-bond acceptors (Lipinski definition) is 8. The monoisotopic (exact) mass is 468 g/mol. The molecule has 2 aliphatic rings. The van der Waals surface area contributed by atoms with E-state index in [1.54, 1.807) is 56.3 Å². The fraction of sp³-hybridized carbons (Fsp3) is 0.400. The van der Waals surface area contributed by atoms with Crippen molar-refractivity contribution >= 4 is 23.5 Å². The van der Waals surface area contributed by atoms with Gasteiger partial charge in [0.05, 0.1) is 45.5 Å². The van der Waals surface area contributed by atoms with Crippen LogP contribution in [0, 0.1) is 11.8 Å². The lowest BCUT2D eigenvalue weighted by atomic mass is 9.80. The first-order valence-corrected chi connectivity index (χ1v) is 11.0. The molecule has 0 aliphatic carbocycles. The highest BCUT2D eigenvalue weighted by atomic mass is 16.5. The molecule has 2 saturated heterocycles. The molecule has 0 unspecified atom stereocenters. The van der Waals surface area contributed by atoms with Gasteiger partial charge < -0.3 is 18.9 Å². The molecule has 0 saturated carbocycles. The quantitative estimate of drug-likeness (QED) is 0.488. The Bertz CT molecular complexity index is 1130. The van der Waals surface area contributed by atoms with Gasteiger partial charge in [0.1, 0.15) is 11.3 Å². The van der Waals surface area contributed by atoms with E-state index in [9.17, 15) is 14.4 Å². The number of methoxy groups -OCH3 is 3. The fourth-order valence-electron chi connectivity index (χ4n) is 4.94. The van der Waals surface area contributed by atoms with Gasteiger partial charge in [-0.25, -0.2) is 4.90 Å². The second kappa shape index (κ2) is 8.98. The number of benzene rings is 2. The zero-order valence-electron chi connectivity index (χ0n) is 19.8. The number of amides is 2. The van der Waals surface area contributed by atoms with Gasteiger partial charge in [-0.05, 0) is 43.7 Å². The summed E-state index contributed by atoms with van der Waals surface area (Å²) in [5, 5.41) is 3.25. The van der Waals surface area contributed by atoms with E-state index in [4.69, 9.17) is 18.9 Å². The Balaban J connectivity index is 1.82. The molecule has 2 aromatic carbocycles. The maximum absolute atomic E-state index is 13.7. The lowest BCUT2D eigenvalue weighted by Crippen LogP contribution is -2.54. The Labute approximate surface area is 197 Å². The number of imide groups is 1. The van der Waals surface area contributed by atoms with E-state index in [0.29, 0.717) is 28.5 Å². The molecular weight excluding hydrogens is 440 g/mol. The molecule has 2 amide bonds. The van der Waals surface area contributed by atoms with Gasteiger partial charge in [-0.2, -0.15) is 0 Å². The predicted octanol–water partition coefficient (Wildman–Crippen LogP) is 2.48. The SMILES string of the molecule is CCOC(=O)[C@]1(C)N[C@@H](c2ccc(OC)c(OC)c2)[C@H]2C(=O)N(c3cccc(OC)c3)C(=O)[C@H]21. The van der Waals surface area contributed by atoms with Crippen LogP contribution in [-0.2, 0) is 19.1 Å². The summed E-state index contributed by atoms with van der Waals surface area (Å²) in [5.74, 6) is -1.71. The number of ether oxygens (including phenoxy) is 4. The topological polar surface area (TPSA) is 103 Å². The van der Waals surface area contributed by atoms with Gasteiger partial charge in [0.2, 0.25) is 11.8 Å². The van der Waals surface area contributed by atoms with Crippen LogP contribution in [0.3, 0.4) is 0 Å². The third-order valence-electron chi connectivity index (χ3n) is 6.57. The van der Waals surface area contributed by atoms with Gasteiger partial charge >= 0.3 is 5.97 Å². The number of carbonyl (C=O) groups excluding carboxylic acids is 3. The number of nitrogens with one attached hydrogen (secondary N) is 1. The summed E-state index contributed by atoms with van der Waals surface area (Å²) in [5.41, 5.74) is -0.325. The number of anilines is 1. The van der Waals surface area contributed by atoms with Crippen LogP contribution in [0.2, 0.25) is 0 Å². The van der Waals surface area contributed by atoms with Crippen molar-refractivity contribution in [2.24, 2.45) is 11.8 Å². The minimum Gasteiger partial charge on any atom is -0.497 e. The molecule has 4 atom stereocenters. The second-order valence-corrected chi connectivity index (χ2v) is 8.38. The summed E-state index contributed by atoms with van der Waals surface area (Å²) in [4.78, 5) is 41.7. The number of carbonyl (C=O) groups is 3. The Morgan fingerprint density at radius 1 is 1.00 bits per heavy atom. The standard InChI is InChI=1S/C25H28N2O7/c1-6-34-24(30)25(2)20-19(21(26-25)14-10-11-17(32-4)18(12-14)33-5)22(28)27(23(20)29)15-8-7-9-16(13-15)31-3/h7-13,19-21,26H,6H2,1-5H3/t19-,20-,21-,25+/m0/s1. The Kier molecular flexibility index (Phi) is 6.22. The summed E-state index contributed by atoms with van der Waals surface area (Å²) in [6.07, 6.45) is 0. The van der Waals surface area contributed by atoms with Gasteiger partial charge in [0, 0.05) is 12.1 Å². The molecular formula is C25H28N2O7. The number of fused-ring (bicyclic) bond motifs is 1. The van der Waals surface area contributed by atoms with Crippen molar-refractivity contribution in [2.45, 2.75) is 25.4 Å². The molecule has 0 radical (unpaired) electrons. The van der Waals surface area contributed by atoms with E-state index in [2.05, 4.69) is 5.32 Å². The van der Waals surface area contributed by atoms with Crippen LogP contribution in [0.5, 0.6) is 17.2 Å². The average molecular weight is 469 g/mol. The molecule has 0 spiro atoms. The van der Waals surface area contributed by atoms with Crippen LogP contribution in [0.4, 0.5) is 5.69 Å². The van der Waals surface area contributed by atoms with E-state index in [1.807, 2.05) is 0 Å². The highest BCUT2D eigenvalue weighted by molar-refractivity contribution is 6.24. The van der Waals surface area contributed by atoms with Gasteiger partial charge in [-0.15, -0.1) is 0 Å². The molecule has 0 aromatic heterocycles. The largest absolute Gasteiger partial charge is 0.497 e. The Morgan fingerprint density at radius 2 is 1.74 bits per heavy atom. The first kappa shape index (κ1) is 23.6. The molecule has 34 heavy (non-hydrogen) atoms. The second-order valence-electron chi connectivity index (χ2n) is 8.38. The zero-order valence-corrected chi connectivity index (χ0v) is 19.8. The summed E-state index contributed by atoms with van der Waals surface area (Å²) < 4.78 is 21.3. The maximum Gasteiger partial charge on any atom is 0.326 e. The molecule has 9 nitrogen and oxygen atoms in total. The Morgan fingerprint density at radius 3 is 2.38 bits per heavy atom. The van der Waals surface area contributed by atoms with Gasteiger partial charge in [-0.1, -0.05) is 12.1 Å². The van der Waals surface area contributed by atoms with Crippen molar-refractivity contribution < 1.29 is 33.3 Å². The van der Waals surface area contributed by atoms with Gasteiger partial charge in [0.25, 0.3) is 0 Å². The van der Waals surface area contributed by atoms with Crippen LogP contribution in [0.15, 0.2) is 42.5 Å². The van der Waals surface area contributed by atoms with Crippen molar-refractivity contribution in [1.29, 1.82) is 0 Å². The van der Waals surface area contributed by atoms with Crippen LogP contribution < -0.4 is 24.4 Å². The third kappa shape index (κ3) is 3.56. The molecule has 2 heterocycles. The van der Waals surface area contributed by atoms with Crippen LogP contribution >= 0.6 is 0 Å². The molecule has 2 aliphatic heterocycles. The molecule has 1 N–H and O–H groups in total. The molecule has 9 heteroatoms. The van der Waals surface area contributed by atoms with E-state index < -0.39 is 41.2 Å². The van der Waals surface area contributed by atoms with Crippen molar-refractivity contribution in [2.75, 3.05) is 32.8 Å². The number of hydrogen-bond donors (Lipinski definition) is 1. The number of rotatable bonds is 7.